The Kier molecular flexibility index (Phi) is 13.0. The summed E-state index contributed by atoms with van der Waals surface area (Å²) in [7, 11) is 0. The molecule has 0 bridgehead atoms. The first-order valence-corrected chi connectivity index (χ1v) is 33.1. The van der Waals surface area contributed by atoms with Crippen LogP contribution in [0.15, 0.2) is 291 Å². The van der Waals surface area contributed by atoms with Gasteiger partial charge in [-0.05, 0) is 137 Å². The highest BCUT2D eigenvalue weighted by molar-refractivity contribution is 7.21. The van der Waals surface area contributed by atoms with Gasteiger partial charge in [-0.25, -0.2) is 9.97 Å². The van der Waals surface area contributed by atoms with E-state index in [4.69, 9.17) is 19.4 Å². The molecule has 93 heavy (non-hydrogen) atoms. The van der Waals surface area contributed by atoms with E-state index in [1.807, 2.05) is 11.3 Å². The zero-order valence-corrected chi connectivity index (χ0v) is 53.6. The Bertz CT molecular complexity index is 5050. The highest BCUT2D eigenvalue weighted by Gasteiger charge is 2.49. The van der Waals surface area contributed by atoms with Gasteiger partial charge in [-0.1, -0.05) is 284 Å². The SMILES string of the molecule is CC(C)(C)c1ccccc1Oc1ccc2c3ccc(Oc4ccccc4C(C)(C)C)cc3c3nc4c(-c5cccc6c5-c5ccccc5C6(c5ccccc5)c5ccccc5)sc(-c5cccc6c5-c5ccccc5C6(c5ccccc5)c5ccccc5)c4nc3c2c1. The fraction of sp³-hybridized carbons (Fsp3) is 0.114. The Morgan fingerprint density at radius 2 is 0.613 bits per heavy atom. The van der Waals surface area contributed by atoms with Crippen molar-refractivity contribution >= 4 is 54.9 Å². The predicted octanol–water partition coefficient (Wildman–Crippen LogP) is 23.4. The Morgan fingerprint density at radius 1 is 0.290 bits per heavy atom. The molecule has 0 fully saturated rings. The molecule has 0 aliphatic heterocycles. The number of hydrogen-bond acceptors (Lipinski definition) is 5. The third-order valence-corrected chi connectivity index (χ3v) is 20.8. The van der Waals surface area contributed by atoms with Crippen molar-refractivity contribution in [2.45, 2.75) is 63.2 Å². The van der Waals surface area contributed by atoms with Crippen LogP contribution in [0.1, 0.15) is 97.2 Å². The van der Waals surface area contributed by atoms with Gasteiger partial charge in [0.05, 0.1) is 31.6 Å². The molecular formula is C88H66N2O2S. The minimum absolute atomic E-state index is 0.154. The van der Waals surface area contributed by atoms with Crippen LogP contribution in [0.25, 0.3) is 86.7 Å². The molecular weight excluding hydrogens is 1150 g/mol. The number of fused-ring (bicyclic) bond motifs is 13. The van der Waals surface area contributed by atoms with Gasteiger partial charge in [-0.3, -0.25) is 0 Å². The molecule has 2 aliphatic rings. The normalized spacial score (nSPS) is 13.7. The first-order chi connectivity index (χ1) is 45.4. The predicted molar refractivity (Wildman–Crippen MR) is 386 cm³/mol. The van der Waals surface area contributed by atoms with Crippen molar-refractivity contribution in [2.24, 2.45) is 0 Å². The molecule has 2 heterocycles. The Balaban J connectivity index is 1.00. The van der Waals surface area contributed by atoms with Gasteiger partial charge in [0.15, 0.2) is 0 Å². The standard InChI is InChI=1S/C88H66N2O2S/c1-85(2,3)71-43-23-25-47-75(71)91-59-49-51-61-62-52-50-60(92-76-48-26-24-44-72(76)86(4,5)6)54-68(62)80-79(67(61)53-59)89-81-82(90-80)84(66-40-28-46-74-78(66)64-38-20-22-42-70(64)88(74,57-33-15-9-16-34-57)58-35-17-10-18-36-58)93-83(81)65-39-27-45-73-77(65)63-37-19-21-41-69(63)87(73,55-29-11-7-12-30-55)56-31-13-8-14-32-56/h7-54H,1-6H3. The molecule has 2 aromatic heterocycles. The summed E-state index contributed by atoms with van der Waals surface area (Å²) in [6, 6.07) is 106. The Morgan fingerprint density at radius 3 is 0.989 bits per heavy atom. The lowest BCUT2D eigenvalue weighted by Gasteiger charge is -2.34. The van der Waals surface area contributed by atoms with Crippen LogP contribution in [0.4, 0.5) is 0 Å². The van der Waals surface area contributed by atoms with Crippen molar-refractivity contribution in [1.82, 2.24) is 9.97 Å². The average Bonchev–Trinajstić information content (AvgIpc) is 1.53. The summed E-state index contributed by atoms with van der Waals surface area (Å²) < 4.78 is 14.1. The van der Waals surface area contributed by atoms with Crippen molar-refractivity contribution in [1.29, 1.82) is 0 Å². The molecule has 2 aliphatic carbocycles. The van der Waals surface area contributed by atoms with E-state index in [1.54, 1.807) is 0 Å². The number of nitrogens with zero attached hydrogens (tertiary/aromatic N) is 2. The third-order valence-electron chi connectivity index (χ3n) is 19.6. The molecule has 0 saturated carbocycles. The van der Waals surface area contributed by atoms with E-state index in [-0.39, 0.29) is 10.8 Å². The van der Waals surface area contributed by atoms with Crippen molar-refractivity contribution in [3.05, 3.63) is 347 Å². The van der Waals surface area contributed by atoms with Crippen LogP contribution in [0, 0.1) is 0 Å². The maximum Gasteiger partial charge on any atom is 0.131 e. The molecule has 0 radical (unpaired) electrons. The smallest absolute Gasteiger partial charge is 0.131 e. The first kappa shape index (κ1) is 56.3. The molecule has 4 nitrogen and oxygen atoms in total. The Labute approximate surface area is 547 Å². The fourth-order valence-corrected chi connectivity index (χ4v) is 16.9. The van der Waals surface area contributed by atoms with E-state index >= 15 is 0 Å². The summed E-state index contributed by atoms with van der Waals surface area (Å²) in [5, 5.41) is 3.98. The minimum Gasteiger partial charge on any atom is -0.457 e. The molecule has 17 rings (SSSR count). The van der Waals surface area contributed by atoms with Crippen LogP contribution in [0.5, 0.6) is 23.0 Å². The summed E-state index contributed by atoms with van der Waals surface area (Å²) in [6.45, 7) is 13.4. The van der Waals surface area contributed by atoms with Crippen LogP contribution in [-0.4, -0.2) is 9.97 Å². The lowest BCUT2D eigenvalue weighted by atomic mass is 9.67. The quantitative estimate of drug-likeness (QED) is 0.128. The van der Waals surface area contributed by atoms with E-state index in [0.717, 1.165) is 98.6 Å². The minimum atomic E-state index is -0.620. The second kappa shape index (κ2) is 21.4. The van der Waals surface area contributed by atoms with E-state index in [2.05, 4.69) is 333 Å². The number of hydrogen-bond donors (Lipinski definition) is 0. The second-order valence-corrected chi connectivity index (χ2v) is 28.0. The third kappa shape index (κ3) is 8.63. The van der Waals surface area contributed by atoms with Gasteiger partial charge in [0, 0.05) is 33.0 Å². The Hall–Kier alpha value is -10.7. The molecule has 0 saturated heterocycles. The number of para-hydroxylation sites is 2. The summed E-state index contributed by atoms with van der Waals surface area (Å²) >= 11 is 1.81. The zero-order valence-electron chi connectivity index (χ0n) is 52.8. The van der Waals surface area contributed by atoms with Crippen LogP contribution in [0.3, 0.4) is 0 Å². The maximum absolute atomic E-state index is 7.03. The molecule has 0 unspecified atom stereocenters. The van der Waals surface area contributed by atoms with Gasteiger partial charge >= 0.3 is 0 Å². The first-order valence-electron chi connectivity index (χ1n) is 32.3. The van der Waals surface area contributed by atoms with E-state index in [9.17, 15) is 0 Å². The van der Waals surface area contributed by atoms with Gasteiger partial charge in [0.2, 0.25) is 0 Å². The highest BCUT2D eigenvalue weighted by atomic mass is 32.1. The summed E-state index contributed by atoms with van der Waals surface area (Å²) in [5.41, 5.74) is 20.8. The van der Waals surface area contributed by atoms with Crippen LogP contribution in [0.2, 0.25) is 0 Å². The largest absolute Gasteiger partial charge is 0.457 e. The highest BCUT2D eigenvalue weighted by Crippen LogP contribution is 2.63. The fourth-order valence-electron chi connectivity index (χ4n) is 15.7. The monoisotopic (exact) mass is 1210 g/mol. The summed E-state index contributed by atoms with van der Waals surface area (Å²) in [4.78, 5) is 14.5. The molecule has 0 amide bonds. The average molecular weight is 1220 g/mol. The molecule has 0 spiro atoms. The van der Waals surface area contributed by atoms with E-state index in [1.165, 1.54) is 66.8 Å². The van der Waals surface area contributed by atoms with Crippen molar-refractivity contribution in [3.8, 4) is 66.1 Å². The maximum atomic E-state index is 7.03. The van der Waals surface area contributed by atoms with Crippen LogP contribution >= 0.6 is 11.3 Å². The zero-order chi connectivity index (χ0) is 62.8. The van der Waals surface area contributed by atoms with Gasteiger partial charge < -0.3 is 9.47 Å². The molecule has 5 heteroatoms. The van der Waals surface area contributed by atoms with Crippen molar-refractivity contribution in [2.75, 3.05) is 0 Å². The van der Waals surface area contributed by atoms with Gasteiger partial charge in [0.1, 0.15) is 34.0 Å². The lowest BCUT2D eigenvalue weighted by Crippen LogP contribution is -2.28. The number of rotatable bonds is 10. The molecule has 446 valence electrons. The number of aromatic nitrogens is 2. The number of thiophene rings is 1. The van der Waals surface area contributed by atoms with E-state index < -0.39 is 10.8 Å². The van der Waals surface area contributed by atoms with Crippen LogP contribution < -0.4 is 9.47 Å². The van der Waals surface area contributed by atoms with Gasteiger partial charge in [-0.15, -0.1) is 11.3 Å². The topological polar surface area (TPSA) is 44.2 Å². The molecule has 15 aromatic rings. The number of benzene rings is 13. The molecule has 13 aromatic carbocycles. The lowest BCUT2D eigenvalue weighted by molar-refractivity contribution is 0.455. The van der Waals surface area contributed by atoms with Gasteiger partial charge in [0.25, 0.3) is 0 Å². The summed E-state index contributed by atoms with van der Waals surface area (Å²) in [5.74, 6) is 3.10. The number of ether oxygens (including phenoxy) is 2. The van der Waals surface area contributed by atoms with E-state index in [0.29, 0.717) is 0 Å². The van der Waals surface area contributed by atoms with Crippen molar-refractivity contribution < 1.29 is 9.47 Å². The summed E-state index contributed by atoms with van der Waals surface area (Å²) in [6.07, 6.45) is 0. The second-order valence-electron chi connectivity index (χ2n) is 27.0. The van der Waals surface area contributed by atoms with Gasteiger partial charge in [-0.2, -0.15) is 0 Å². The van der Waals surface area contributed by atoms with Crippen molar-refractivity contribution in [3.63, 3.8) is 0 Å². The van der Waals surface area contributed by atoms with Crippen LogP contribution in [-0.2, 0) is 21.7 Å². The molecule has 0 N–H and O–H groups in total. The molecule has 0 atom stereocenters.